The summed E-state index contributed by atoms with van der Waals surface area (Å²) >= 11 is 0. The number of hydrogen-bond acceptors (Lipinski definition) is 5. The maximum absolute atomic E-state index is 13.4. The standard InChI is InChI=1S/C13H13FN6/c1-15-13-17-11-10(7-16-19-11)12(18-13)20(2)9-5-3-4-8(14)6-9/h3-7H,1-2H3,(H2,15,16,17,18,19). The summed E-state index contributed by atoms with van der Waals surface area (Å²) in [6.07, 6.45) is 1.65. The lowest BCUT2D eigenvalue weighted by molar-refractivity contribution is 0.628. The first-order valence-corrected chi connectivity index (χ1v) is 6.07. The van der Waals surface area contributed by atoms with Crippen LogP contribution in [0, 0.1) is 5.82 Å². The number of nitrogens with zero attached hydrogens (tertiary/aromatic N) is 4. The molecule has 0 amide bonds. The quantitative estimate of drug-likeness (QED) is 0.765. The summed E-state index contributed by atoms with van der Waals surface area (Å²) in [5.74, 6) is 0.833. The Balaban J connectivity index is 2.15. The summed E-state index contributed by atoms with van der Waals surface area (Å²) in [4.78, 5) is 10.5. The topological polar surface area (TPSA) is 69.7 Å². The number of anilines is 3. The van der Waals surface area contributed by atoms with Crippen LogP contribution in [0.3, 0.4) is 0 Å². The SMILES string of the molecule is CNc1nc(N(C)c2cccc(F)c2)c2cn[nH]c2n1. The van der Waals surface area contributed by atoms with Crippen LogP contribution in [0.4, 0.5) is 21.8 Å². The molecule has 0 saturated heterocycles. The average molecular weight is 272 g/mol. The van der Waals surface area contributed by atoms with Crippen molar-refractivity contribution in [2.24, 2.45) is 0 Å². The molecule has 2 N–H and O–H groups in total. The molecule has 0 bridgehead atoms. The molecule has 6 nitrogen and oxygen atoms in total. The number of benzene rings is 1. The third-order valence-corrected chi connectivity index (χ3v) is 3.03. The van der Waals surface area contributed by atoms with E-state index in [2.05, 4.69) is 25.5 Å². The van der Waals surface area contributed by atoms with Crippen molar-refractivity contribution in [3.8, 4) is 0 Å². The lowest BCUT2D eigenvalue weighted by Crippen LogP contribution is -2.13. The minimum atomic E-state index is -0.291. The van der Waals surface area contributed by atoms with Gasteiger partial charge in [0.2, 0.25) is 5.95 Å². The second-order valence-corrected chi connectivity index (χ2v) is 4.29. The molecule has 0 spiro atoms. The predicted molar refractivity (Wildman–Crippen MR) is 75.7 cm³/mol. The molecular weight excluding hydrogens is 259 g/mol. The van der Waals surface area contributed by atoms with Crippen molar-refractivity contribution in [3.05, 3.63) is 36.3 Å². The molecule has 2 aromatic heterocycles. The van der Waals surface area contributed by atoms with Crippen molar-refractivity contribution in [2.45, 2.75) is 0 Å². The maximum Gasteiger partial charge on any atom is 0.226 e. The van der Waals surface area contributed by atoms with Gasteiger partial charge in [-0.15, -0.1) is 0 Å². The van der Waals surface area contributed by atoms with Gasteiger partial charge in [0.15, 0.2) is 5.65 Å². The Morgan fingerprint density at radius 3 is 2.90 bits per heavy atom. The molecule has 102 valence electrons. The largest absolute Gasteiger partial charge is 0.357 e. The molecule has 7 heteroatoms. The van der Waals surface area contributed by atoms with E-state index in [4.69, 9.17) is 0 Å². The van der Waals surface area contributed by atoms with Crippen molar-refractivity contribution in [1.29, 1.82) is 0 Å². The van der Waals surface area contributed by atoms with Crippen molar-refractivity contribution in [3.63, 3.8) is 0 Å². The highest BCUT2D eigenvalue weighted by molar-refractivity contribution is 5.89. The number of H-pyrrole nitrogens is 1. The first kappa shape index (κ1) is 12.3. The molecule has 3 aromatic rings. The highest BCUT2D eigenvalue weighted by Crippen LogP contribution is 2.28. The van der Waals surface area contributed by atoms with E-state index in [0.29, 0.717) is 23.1 Å². The molecule has 1 aromatic carbocycles. The van der Waals surface area contributed by atoms with Crippen LogP contribution in [-0.4, -0.2) is 34.3 Å². The van der Waals surface area contributed by atoms with Crippen molar-refractivity contribution in [2.75, 3.05) is 24.3 Å². The third-order valence-electron chi connectivity index (χ3n) is 3.03. The van der Waals surface area contributed by atoms with Gasteiger partial charge in [0.05, 0.1) is 11.6 Å². The molecule has 0 fully saturated rings. The summed E-state index contributed by atoms with van der Waals surface area (Å²) in [7, 11) is 3.56. The second kappa shape index (κ2) is 4.76. The molecule has 0 saturated carbocycles. The zero-order valence-corrected chi connectivity index (χ0v) is 11.1. The molecule has 0 aliphatic carbocycles. The van der Waals surface area contributed by atoms with Gasteiger partial charge in [0.1, 0.15) is 11.6 Å². The maximum atomic E-state index is 13.4. The van der Waals surface area contributed by atoms with E-state index >= 15 is 0 Å². The Bertz CT molecular complexity index is 753. The van der Waals surface area contributed by atoms with Gasteiger partial charge < -0.3 is 10.2 Å². The lowest BCUT2D eigenvalue weighted by atomic mass is 10.2. The van der Waals surface area contributed by atoms with Gasteiger partial charge in [-0.1, -0.05) is 6.07 Å². The number of halogens is 1. The first-order valence-electron chi connectivity index (χ1n) is 6.07. The Labute approximate surface area is 114 Å². The van der Waals surface area contributed by atoms with Crippen LogP contribution in [-0.2, 0) is 0 Å². The van der Waals surface area contributed by atoms with Gasteiger partial charge in [-0.2, -0.15) is 15.1 Å². The zero-order valence-electron chi connectivity index (χ0n) is 11.1. The molecule has 0 unspecified atom stereocenters. The van der Waals surface area contributed by atoms with E-state index in [1.54, 1.807) is 24.2 Å². The summed E-state index contributed by atoms with van der Waals surface area (Å²) < 4.78 is 13.4. The van der Waals surface area contributed by atoms with E-state index in [9.17, 15) is 4.39 Å². The van der Waals surface area contributed by atoms with Crippen molar-refractivity contribution in [1.82, 2.24) is 20.2 Å². The number of aromatic nitrogens is 4. The van der Waals surface area contributed by atoms with Gasteiger partial charge in [-0.3, -0.25) is 5.10 Å². The molecule has 0 aliphatic rings. The Morgan fingerprint density at radius 2 is 2.15 bits per heavy atom. The van der Waals surface area contributed by atoms with Crippen LogP contribution >= 0.6 is 0 Å². The van der Waals surface area contributed by atoms with E-state index in [-0.39, 0.29) is 5.82 Å². The number of hydrogen-bond donors (Lipinski definition) is 2. The fraction of sp³-hybridized carbons (Fsp3) is 0.154. The molecule has 0 atom stereocenters. The molecule has 20 heavy (non-hydrogen) atoms. The Kier molecular flexibility index (Phi) is 2.94. The minimum absolute atomic E-state index is 0.291. The van der Waals surface area contributed by atoms with E-state index in [1.807, 2.05) is 13.1 Å². The van der Waals surface area contributed by atoms with Crippen LogP contribution < -0.4 is 10.2 Å². The third kappa shape index (κ3) is 2.03. The van der Waals surface area contributed by atoms with E-state index in [0.717, 1.165) is 5.39 Å². The van der Waals surface area contributed by atoms with Crippen LogP contribution in [0.1, 0.15) is 0 Å². The highest BCUT2D eigenvalue weighted by Gasteiger charge is 2.14. The molecule has 2 heterocycles. The van der Waals surface area contributed by atoms with E-state index < -0.39 is 0 Å². The summed E-state index contributed by atoms with van der Waals surface area (Å²) in [5, 5.41) is 10.5. The Morgan fingerprint density at radius 1 is 1.30 bits per heavy atom. The first-order chi connectivity index (χ1) is 9.69. The number of nitrogens with one attached hydrogen (secondary N) is 2. The molecule has 0 radical (unpaired) electrons. The molecule has 3 rings (SSSR count). The normalized spacial score (nSPS) is 10.8. The van der Waals surface area contributed by atoms with Crippen LogP contribution in [0.5, 0.6) is 0 Å². The van der Waals surface area contributed by atoms with Crippen molar-refractivity contribution < 1.29 is 4.39 Å². The fourth-order valence-corrected chi connectivity index (χ4v) is 1.99. The molecule has 0 aliphatic heterocycles. The summed E-state index contributed by atoms with van der Waals surface area (Å²) in [5.41, 5.74) is 1.33. The van der Waals surface area contributed by atoms with Gasteiger partial charge >= 0.3 is 0 Å². The van der Waals surface area contributed by atoms with Gasteiger partial charge in [0, 0.05) is 19.8 Å². The summed E-state index contributed by atoms with van der Waals surface area (Å²) in [6, 6.07) is 6.33. The van der Waals surface area contributed by atoms with Crippen LogP contribution in [0.15, 0.2) is 30.5 Å². The highest BCUT2D eigenvalue weighted by atomic mass is 19.1. The molecular formula is C13H13FN6. The second-order valence-electron chi connectivity index (χ2n) is 4.29. The summed E-state index contributed by atoms with van der Waals surface area (Å²) in [6.45, 7) is 0. The number of aromatic amines is 1. The van der Waals surface area contributed by atoms with Gasteiger partial charge in [-0.05, 0) is 18.2 Å². The number of rotatable bonds is 3. The van der Waals surface area contributed by atoms with Gasteiger partial charge in [-0.25, -0.2) is 4.39 Å². The van der Waals surface area contributed by atoms with Crippen molar-refractivity contribution >= 4 is 28.5 Å². The smallest absolute Gasteiger partial charge is 0.226 e. The Hall–Kier alpha value is -2.70. The number of fused-ring (bicyclic) bond motifs is 1. The zero-order chi connectivity index (χ0) is 14.1. The minimum Gasteiger partial charge on any atom is -0.357 e. The van der Waals surface area contributed by atoms with Crippen LogP contribution in [0.2, 0.25) is 0 Å². The fourth-order valence-electron chi connectivity index (χ4n) is 1.99. The van der Waals surface area contributed by atoms with Gasteiger partial charge in [0.25, 0.3) is 0 Å². The lowest BCUT2D eigenvalue weighted by Gasteiger charge is -2.19. The average Bonchev–Trinajstić information content (AvgIpc) is 2.93. The monoisotopic (exact) mass is 272 g/mol. The predicted octanol–water partition coefficient (Wildman–Crippen LogP) is 2.30. The van der Waals surface area contributed by atoms with Crippen LogP contribution in [0.25, 0.3) is 11.0 Å². The van der Waals surface area contributed by atoms with E-state index in [1.165, 1.54) is 12.1 Å².